The number of benzene rings is 2. The van der Waals surface area contributed by atoms with Gasteiger partial charge in [0.25, 0.3) is 0 Å². The largest absolute Gasteiger partial charge is 0.493 e. The lowest BCUT2D eigenvalue weighted by Gasteiger charge is -2.17. The van der Waals surface area contributed by atoms with Crippen molar-refractivity contribution in [3.8, 4) is 5.75 Å². The van der Waals surface area contributed by atoms with E-state index in [9.17, 15) is 5.11 Å². The number of aliphatic hydroxyl groups is 1. The number of aliphatic hydroxyl groups excluding tert-OH is 1. The van der Waals surface area contributed by atoms with E-state index < -0.39 is 6.10 Å². The quantitative estimate of drug-likeness (QED) is 0.820. The average molecular weight is 356 g/mol. The summed E-state index contributed by atoms with van der Waals surface area (Å²) in [7, 11) is 0. The van der Waals surface area contributed by atoms with E-state index >= 15 is 0 Å². The molecule has 0 saturated heterocycles. The predicted octanol–water partition coefficient (Wildman–Crippen LogP) is 4.97. The maximum absolute atomic E-state index is 10.6. The van der Waals surface area contributed by atoms with Crippen molar-refractivity contribution in [2.75, 3.05) is 6.61 Å². The number of hydrogen-bond acceptors (Lipinski definition) is 2. The van der Waals surface area contributed by atoms with Gasteiger partial charge in [-0.05, 0) is 30.7 Å². The SMILES string of the molecule is CCCOc1ccccc1C(O)c1cc(Br)ccc1Cl. The van der Waals surface area contributed by atoms with E-state index in [1.807, 2.05) is 43.3 Å². The topological polar surface area (TPSA) is 29.5 Å². The first kappa shape index (κ1) is 15.4. The van der Waals surface area contributed by atoms with Crippen LogP contribution in [0.4, 0.5) is 0 Å². The van der Waals surface area contributed by atoms with Crippen LogP contribution in [0.15, 0.2) is 46.9 Å². The number of halogens is 2. The minimum atomic E-state index is -0.812. The monoisotopic (exact) mass is 354 g/mol. The molecule has 2 aromatic rings. The maximum atomic E-state index is 10.6. The molecule has 1 atom stereocenters. The van der Waals surface area contributed by atoms with Gasteiger partial charge in [-0.25, -0.2) is 0 Å². The van der Waals surface area contributed by atoms with Gasteiger partial charge in [-0.3, -0.25) is 0 Å². The summed E-state index contributed by atoms with van der Waals surface area (Å²) in [6.45, 7) is 2.67. The predicted molar refractivity (Wildman–Crippen MR) is 85.4 cm³/mol. The fraction of sp³-hybridized carbons (Fsp3) is 0.250. The molecule has 0 aliphatic rings. The van der Waals surface area contributed by atoms with Gasteiger partial charge in [0.05, 0.1) is 6.61 Å². The molecule has 0 bridgehead atoms. The van der Waals surface area contributed by atoms with E-state index in [4.69, 9.17) is 16.3 Å². The molecule has 2 aromatic carbocycles. The van der Waals surface area contributed by atoms with Crippen molar-refractivity contribution in [1.82, 2.24) is 0 Å². The third-order valence-corrected chi connectivity index (χ3v) is 3.77. The summed E-state index contributed by atoms with van der Waals surface area (Å²) in [6.07, 6.45) is 0.107. The fourth-order valence-corrected chi connectivity index (χ4v) is 2.54. The second-order valence-corrected chi connectivity index (χ2v) is 5.78. The first-order valence-corrected chi connectivity index (χ1v) is 7.65. The summed E-state index contributed by atoms with van der Waals surface area (Å²) in [5.74, 6) is 0.692. The highest BCUT2D eigenvalue weighted by molar-refractivity contribution is 9.10. The molecule has 0 aromatic heterocycles. The molecule has 0 fully saturated rings. The minimum Gasteiger partial charge on any atom is -0.493 e. The number of rotatable bonds is 5. The van der Waals surface area contributed by atoms with Crippen LogP contribution in [0.3, 0.4) is 0 Å². The van der Waals surface area contributed by atoms with Gasteiger partial charge in [0.2, 0.25) is 0 Å². The molecule has 0 spiro atoms. The maximum Gasteiger partial charge on any atom is 0.125 e. The second-order valence-electron chi connectivity index (χ2n) is 4.45. The average Bonchev–Trinajstić information content (AvgIpc) is 2.47. The first-order chi connectivity index (χ1) is 9.63. The molecule has 2 nitrogen and oxygen atoms in total. The Kier molecular flexibility index (Phi) is 5.46. The van der Waals surface area contributed by atoms with Crippen molar-refractivity contribution in [2.45, 2.75) is 19.4 Å². The second kappa shape index (κ2) is 7.11. The van der Waals surface area contributed by atoms with Crippen LogP contribution in [0, 0.1) is 0 Å². The van der Waals surface area contributed by atoms with Crippen LogP contribution < -0.4 is 4.74 Å². The van der Waals surface area contributed by atoms with Crippen LogP contribution >= 0.6 is 27.5 Å². The molecule has 0 aliphatic heterocycles. The molecule has 0 amide bonds. The van der Waals surface area contributed by atoms with Crippen LogP contribution in [0.5, 0.6) is 5.75 Å². The molecule has 0 heterocycles. The zero-order valence-corrected chi connectivity index (χ0v) is 13.5. The Morgan fingerprint density at radius 3 is 2.70 bits per heavy atom. The lowest BCUT2D eigenvalue weighted by Crippen LogP contribution is -2.05. The molecule has 20 heavy (non-hydrogen) atoms. The number of hydrogen-bond donors (Lipinski definition) is 1. The van der Waals surface area contributed by atoms with Gasteiger partial charge in [0.15, 0.2) is 0 Å². The Morgan fingerprint density at radius 2 is 1.95 bits per heavy atom. The lowest BCUT2D eigenvalue weighted by molar-refractivity contribution is 0.210. The van der Waals surface area contributed by atoms with E-state index in [1.54, 1.807) is 6.07 Å². The molecule has 0 aliphatic carbocycles. The normalized spacial score (nSPS) is 12.2. The van der Waals surface area contributed by atoms with Gasteiger partial charge in [-0.15, -0.1) is 0 Å². The van der Waals surface area contributed by atoms with Crippen molar-refractivity contribution in [2.24, 2.45) is 0 Å². The van der Waals surface area contributed by atoms with E-state index in [1.165, 1.54) is 0 Å². The zero-order chi connectivity index (χ0) is 14.5. The van der Waals surface area contributed by atoms with Crippen LogP contribution in [0.1, 0.15) is 30.6 Å². The Morgan fingerprint density at radius 1 is 1.20 bits per heavy atom. The summed E-state index contributed by atoms with van der Waals surface area (Å²) in [4.78, 5) is 0. The fourth-order valence-electron chi connectivity index (χ4n) is 1.94. The first-order valence-electron chi connectivity index (χ1n) is 6.48. The Bertz CT molecular complexity index is 586. The lowest BCUT2D eigenvalue weighted by atomic mass is 10.0. The molecule has 0 saturated carbocycles. The van der Waals surface area contributed by atoms with Crippen LogP contribution in [-0.2, 0) is 0 Å². The summed E-state index contributed by atoms with van der Waals surface area (Å²) in [5.41, 5.74) is 1.38. The summed E-state index contributed by atoms with van der Waals surface area (Å²) < 4.78 is 6.56. The Labute approximate surface area is 132 Å². The third-order valence-electron chi connectivity index (χ3n) is 2.93. The van der Waals surface area contributed by atoms with Gasteiger partial charge in [0.1, 0.15) is 11.9 Å². The Hall–Kier alpha value is -1.03. The minimum absolute atomic E-state index is 0.533. The van der Waals surface area contributed by atoms with E-state index in [0.717, 1.165) is 16.5 Å². The molecule has 106 valence electrons. The van der Waals surface area contributed by atoms with Gasteiger partial charge >= 0.3 is 0 Å². The van der Waals surface area contributed by atoms with Crippen molar-refractivity contribution in [3.05, 3.63) is 63.1 Å². The van der Waals surface area contributed by atoms with Gasteiger partial charge in [-0.1, -0.05) is 52.7 Å². The molecule has 1 unspecified atom stereocenters. The number of ether oxygens (including phenoxy) is 1. The smallest absolute Gasteiger partial charge is 0.125 e. The van der Waals surface area contributed by atoms with Gasteiger partial charge in [0, 0.05) is 20.6 Å². The van der Waals surface area contributed by atoms with Gasteiger partial charge in [-0.2, -0.15) is 0 Å². The van der Waals surface area contributed by atoms with Crippen molar-refractivity contribution < 1.29 is 9.84 Å². The summed E-state index contributed by atoms with van der Waals surface area (Å²) >= 11 is 9.57. The van der Waals surface area contributed by atoms with Crippen LogP contribution in [-0.4, -0.2) is 11.7 Å². The summed E-state index contributed by atoms with van der Waals surface area (Å²) in [5, 5.41) is 11.1. The molecule has 4 heteroatoms. The molecule has 2 rings (SSSR count). The highest BCUT2D eigenvalue weighted by Crippen LogP contribution is 2.34. The van der Waals surface area contributed by atoms with E-state index in [0.29, 0.717) is 22.9 Å². The molecule has 0 radical (unpaired) electrons. The van der Waals surface area contributed by atoms with E-state index in [2.05, 4.69) is 15.9 Å². The zero-order valence-electron chi connectivity index (χ0n) is 11.1. The van der Waals surface area contributed by atoms with Gasteiger partial charge < -0.3 is 9.84 Å². The van der Waals surface area contributed by atoms with Crippen molar-refractivity contribution in [3.63, 3.8) is 0 Å². The standard InChI is InChI=1S/C16H16BrClO2/c1-2-9-20-15-6-4-3-5-12(15)16(19)13-10-11(17)7-8-14(13)18/h3-8,10,16,19H,2,9H2,1H3. The molecular formula is C16H16BrClO2. The molecule has 1 N–H and O–H groups in total. The Balaban J connectivity index is 2.37. The van der Waals surface area contributed by atoms with Crippen molar-refractivity contribution in [1.29, 1.82) is 0 Å². The highest BCUT2D eigenvalue weighted by Gasteiger charge is 2.18. The number of para-hydroxylation sites is 1. The van der Waals surface area contributed by atoms with E-state index in [-0.39, 0.29) is 0 Å². The highest BCUT2D eigenvalue weighted by atomic mass is 79.9. The van der Waals surface area contributed by atoms with Crippen molar-refractivity contribution >= 4 is 27.5 Å². The third kappa shape index (κ3) is 3.54. The van der Waals surface area contributed by atoms with Crippen LogP contribution in [0.2, 0.25) is 5.02 Å². The molecular weight excluding hydrogens is 340 g/mol. The summed E-state index contributed by atoms with van der Waals surface area (Å²) in [6, 6.07) is 12.9. The van der Waals surface area contributed by atoms with Crippen LogP contribution in [0.25, 0.3) is 0 Å².